The van der Waals surface area contributed by atoms with E-state index >= 15 is 0 Å². The number of rotatable bonds is 5. The minimum Gasteiger partial charge on any atom is -0.497 e. The largest absolute Gasteiger partial charge is 0.497 e. The lowest BCUT2D eigenvalue weighted by atomic mass is 10.2. The summed E-state index contributed by atoms with van der Waals surface area (Å²) in [4.78, 5) is 22.6. The highest BCUT2D eigenvalue weighted by atomic mass is 16.5. The number of ether oxygens (including phenoxy) is 2. The highest BCUT2D eigenvalue weighted by Crippen LogP contribution is 2.17. The number of nitrogens with zero attached hydrogens (tertiary/aromatic N) is 6. The molecule has 1 aliphatic heterocycles. The summed E-state index contributed by atoms with van der Waals surface area (Å²) in [7, 11) is 1.59. The molecular formula is C19H20N6O3. The number of aromatic nitrogens is 5. The average Bonchev–Trinajstić information content (AvgIpc) is 3.01. The van der Waals surface area contributed by atoms with Gasteiger partial charge in [-0.15, -0.1) is 10.2 Å². The summed E-state index contributed by atoms with van der Waals surface area (Å²) in [5, 5.41) is 8.50. The summed E-state index contributed by atoms with van der Waals surface area (Å²) in [5.74, 6) is 2.79. The fourth-order valence-electron chi connectivity index (χ4n) is 3.14. The molecular weight excluding hydrogens is 360 g/mol. The van der Waals surface area contributed by atoms with Crippen molar-refractivity contribution < 1.29 is 14.3 Å². The number of benzene rings is 1. The molecule has 28 heavy (non-hydrogen) atoms. The summed E-state index contributed by atoms with van der Waals surface area (Å²) < 4.78 is 12.9. The van der Waals surface area contributed by atoms with Crippen LogP contribution in [-0.4, -0.2) is 55.7 Å². The van der Waals surface area contributed by atoms with E-state index in [1.807, 2.05) is 21.6 Å². The normalized spacial score (nSPS) is 13.5. The van der Waals surface area contributed by atoms with Crippen LogP contribution in [0.4, 0.5) is 0 Å². The minimum absolute atomic E-state index is 0.0168. The smallest absolute Gasteiger partial charge is 0.254 e. The third-order valence-corrected chi connectivity index (χ3v) is 4.61. The molecule has 9 nitrogen and oxygen atoms in total. The van der Waals surface area contributed by atoms with Crippen LogP contribution in [0.25, 0.3) is 0 Å². The fraction of sp³-hybridized carbons (Fsp3) is 0.316. The lowest BCUT2D eigenvalue weighted by Gasteiger charge is -2.20. The Morgan fingerprint density at radius 2 is 1.96 bits per heavy atom. The highest BCUT2D eigenvalue weighted by molar-refractivity contribution is 5.94. The van der Waals surface area contributed by atoms with E-state index in [4.69, 9.17) is 9.47 Å². The Morgan fingerprint density at radius 3 is 2.79 bits per heavy atom. The van der Waals surface area contributed by atoms with Crippen LogP contribution in [0.15, 0.2) is 43.0 Å². The van der Waals surface area contributed by atoms with Crippen molar-refractivity contribution in [2.24, 2.45) is 0 Å². The SMILES string of the molecule is COc1cccc(C(=O)N2CCc3nnc(COc4cncnc4)n3CC2)c1. The number of methoxy groups -OCH3 is 1. The van der Waals surface area contributed by atoms with Crippen molar-refractivity contribution in [2.75, 3.05) is 20.2 Å². The van der Waals surface area contributed by atoms with Crippen LogP contribution in [-0.2, 0) is 19.6 Å². The van der Waals surface area contributed by atoms with E-state index in [0.29, 0.717) is 43.1 Å². The second-order valence-corrected chi connectivity index (χ2v) is 6.32. The molecule has 0 radical (unpaired) electrons. The molecule has 0 fully saturated rings. The summed E-state index contributed by atoms with van der Waals surface area (Å²) in [6.45, 7) is 2.04. The van der Waals surface area contributed by atoms with Gasteiger partial charge < -0.3 is 18.9 Å². The van der Waals surface area contributed by atoms with E-state index in [2.05, 4.69) is 20.2 Å². The molecule has 1 aliphatic rings. The van der Waals surface area contributed by atoms with Crippen molar-refractivity contribution in [2.45, 2.75) is 19.6 Å². The highest BCUT2D eigenvalue weighted by Gasteiger charge is 2.23. The first-order valence-corrected chi connectivity index (χ1v) is 8.96. The Balaban J connectivity index is 1.43. The number of hydrogen-bond donors (Lipinski definition) is 0. The van der Waals surface area contributed by atoms with Gasteiger partial charge in [-0.1, -0.05) is 6.07 Å². The van der Waals surface area contributed by atoms with Crippen LogP contribution in [0.5, 0.6) is 11.5 Å². The molecule has 3 aromatic rings. The van der Waals surface area contributed by atoms with Crippen molar-refractivity contribution in [1.29, 1.82) is 0 Å². The Labute approximate surface area is 162 Å². The maximum Gasteiger partial charge on any atom is 0.254 e. The molecule has 0 N–H and O–H groups in total. The lowest BCUT2D eigenvalue weighted by Crippen LogP contribution is -2.33. The number of carbonyl (C=O) groups is 1. The van der Waals surface area contributed by atoms with Crippen LogP contribution < -0.4 is 9.47 Å². The first-order chi connectivity index (χ1) is 13.7. The molecule has 144 valence electrons. The van der Waals surface area contributed by atoms with Crippen LogP contribution in [0, 0.1) is 0 Å². The fourth-order valence-corrected chi connectivity index (χ4v) is 3.14. The van der Waals surface area contributed by atoms with E-state index in [9.17, 15) is 4.79 Å². The second-order valence-electron chi connectivity index (χ2n) is 6.32. The van der Waals surface area contributed by atoms with Gasteiger partial charge in [0.2, 0.25) is 0 Å². The number of hydrogen-bond acceptors (Lipinski definition) is 7. The first kappa shape index (κ1) is 17.9. The first-order valence-electron chi connectivity index (χ1n) is 8.96. The quantitative estimate of drug-likeness (QED) is 0.659. The van der Waals surface area contributed by atoms with E-state index in [1.165, 1.54) is 6.33 Å². The predicted octanol–water partition coefficient (Wildman–Crippen LogP) is 1.35. The molecule has 3 heterocycles. The van der Waals surface area contributed by atoms with E-state index in [1.54, 1.807) is 31.6 Å². The Hall–Kier alpha value is -3.49. The monoisotopic (exact) mass is 380 g/mol. The molecule has 0 saturated heterocycles. The zero-order valence-electron chi connectivity index (χ0n) is 15.5. The van der Waals surface area contributed by atoms with Crippen molar-refractivity contribution in [3.63, 3.8) is 0 Å². The van der Waals surface area contributed by atoms with E-state index < -0.39 is 0 Å². The third kappa shape index (κ3) is 3.78. The van der Waals surface area contributed by atoms with Gasteiger partial charge in [-0.05, 0) is 18.2 Å². The zero-order chi connectivity index (χ0) is 19.3. The van der Waals surface area contributed by atoms with Crippen LogP contribution in [0.2, 0.25) is 0 Å². The van der Waals surface area contributed by atoms with Crippen molar-refractivity contribution >= 4 is 5.91 Å². The van der Waals surface area contributed by atoms with Gasteiger partial charge in [-0.3, -0.25) is 4.79 Å². The standard InChI is InChI=1S/C19H20N6O3/c1-27-15-4-2-3-14(9-15)19(26)24-6-5-17-22-23-18(25(17)8-7-24)12-28-16-10-20-13-21-11-16/h2-4,9-11,13H,5-8,12H2,1H3. The predicted molar refractivity (Wildman–Crippen MR) is 99.0 cm³/mol. The Kier molecular flexibility index (Phi) is 5.14. The Bertz CT molecular complexity index is 959. The van der Waals surface area contributed by atoms with Crippen LogP contribution in [0.1, 0.15) is 22.0 Å². The Morgan fingerprint density at radius 1 is 1.11 bits per heavy atom. The van der Waals surface area contributed by atoms with Crippen molar-refractivity contribution in [3.05, 3.63) is 60.2 Å². The summed E-state index contributed by atoms with van der Waals surface area (Å²) in [5.41, 5.74) is 0.615. The molecule has 1 amide bonds. The van der Waals surface area contributed by atoms with Gasteiger partial charge in [0, 0.05) is 31.6 Å². The molecule has 0 saturated carbocycles. The molecule has 0 atom stereocenters. The number of fused-ring (bicyclic) bond motifs is 1. The number of amides is 1. The van der Waals surface area contributed by atoms with Gasteiger partial charge in [-0.2, -0.15) is 0 Å². The second kappa shape index (κ2) is 8.03. The molecule has 1 aromatic carbocycles. The molecule has 0 spiro atoms. The van der Waals surface area contributed by atoms with Gasteiger partial charge in [-0.25, -0.2) is 9.97 Å². The van der Waals surface area contributed by atoms with Crippen molar-refractivity contribution in [1.82, 2.24) is 29.6 Å². The minimum atomic E-state index is -0.0168. The van der Waals surface area contributed by atoms with Gasteiger partial charge in [0.25, 0.3) is 5.91 Å². The molecule has 0 bridgehead atoms. The average molecular weight is 380 g/mol. The van der Waals surface area contributed by atoms with E-state index in [-0.39, 0.29) is 12.5 Å². The van der Waals surface area contributed by atoms with E-state index in [0.717, 1.165) is 11.6 Å². The third-order valence-electron chi connectivity index (χ3n) is 4.61. The molecule has 2 aromatic heterocycles. The van der Waals surface area contributed by atoms with Gasteiger partial charge in [0.1, 0.15) is 24.5 Å². The maximum atomic E-state index is 12.9. The molecule has 0 aliphatic carbocycles. The van der Waals surface area contributed by atoms with Gasteiger partial charge in [0.15, 0.2) is 11.6 Å². The van der Waals surface area contributed by atoms with Crippen LogP contribution in [0.3, 0.4) is 0 Å². The molecule has 0 unspecified atom stereocenters. The van der Waals surface area contributed by atoms with Crippen molar-refractivity contribution in [3.8, 4) is 11.5 Å². The topological polar surface area (TPSA) is 95.3 Å². The van der Waals surface area contributed by atoms with Gasteiger partial charge in [0.05, 0.1) is 19.5 Å². The zero-order valence-corrected chi connectivity index (χ0v) is 15.5. The maximum absolute atomic E-state index is 12.9. The van der Waals surface area contributed by atoms with Crippen LogP contribution >= 0.6 is 0 Å². The molecule has 9 heteroatoms. The summed E-state index contributed by atoms with van der Waals surface area (Å²) in [6.07, 6.45) is 5.28. The number of carbonyl (C=O) groups excluding carboxylic acids is 1. The lowest BCUT2D eigenvalue weighted by molar-refractivity contribution is 0.0758. The molecule has 4 rings (SSSR count). The summed E-state index contributed by atoms with van der Waals surface area (Å²) in [6, 6.07) is 7.21. The van der Waals surface area contributed by atoms with Gasteiger partial charge >= 0.3 is 0 Å². The summed E-state index contributed by atoms with van der Waals surface area (Å²) >= 11 is 0.